The molecule has 1 aliphatic carbocycles. The number of rotatable bonds is 4. The molecular formula is C11H15NS. The third kappa shape index (κ3) is 2.75. The molecule has 13 heavy (non-hydrogen) atoms. The number of benzene rings is 1. The molecule has 2 rings (SSSR count). The highest BCUT2D eigenvalue weighted by molar-refractivity contribution is 8.00. The Morgan fingerprint density at radius 3 is 2.46 bits per heavy atom. The first kappa shape index (κ1) is 9.10. The molecule has 2 heteroatoms. The predicted octanol–water partition coefficient (Wildman–Crippen LogP) is 2.44. The van der Waals surface area contributed by atoms with Crippen molar-refractivity contribution in [1.82, 2.24) is 0 Å². The highest BCUT2D eigenvalue weighted by Crippen LogP contribution is 2.38. The summed E-state index contributed by atoms with van der Waals surface area (Å²) in [5.74, 6) is 0. The van der Waals surface area contributed by atoms with Crippen molar-refractivity contribution in [3.63, 3.8) is 0 Å². The highest BCUT2D eigenvalue weighted by Gasteiger charge is 2.22. The number of hydrogen-bond donors (Lipinski definition) is 1. The second-order valence-corrected chi connectivity index (χ2v) is 4.87. The molecule has 1 aromatic rings. The normalized spacial score (nSPS) is 16.1. The van der Waals surface area contributed by atoms with Gasteiger partial charge in [0, 0.05) is 10.1 Å². The van der Waals surface area contributed by atoms with Gasteiger partial charge in [-0.3, -0.25) is 0 Å². The summed E-state index contributed by atoms with van der Waals surface area (Å²) in [5, 5.41) is 0.903. The van der Waals surface area contributed by atoms with Crippen LogP contribution >= 0.6 is 11.8 Å². The maximum absolute atomic E-state index is 5.48. The molecule has 0 saturated heterocycles. The molecule has 0 aliphatic heterocycles. The molecule has 1 fully saturated rings. The predicted molar refractivity (Wildman–Crippen MR) is 58.1 cm³/mol. The van der Waals surface area contributed by atoms with Gasteiger partial charge in [-0.15, -0.1) is 11.8 Å². The van der Waals surface area contributed by atoms with Crippen LogP contribution in [-0.4, -0.2) is 11.8 Å². The van der Waals surface area contributed by atoms with Crippen LogP contribution in [-0.2, 0) is 6.42 Å². The Kier molecular flexibility index (Phi) is 2.91. The van der Waals surface area contributed by atoms with Crippen LogP contribution in [0, 0.1) is 0 Å². The van der Waals surface area contributed by atoms with Gasteiger partial charge in [0.1, 0.15) is 0 Å². The van der Waals surface area contributed by atoms with Crippen molar-refractivity contribution < 1.29 is 0 Å². The first-order valence-electron chi connectivity index (χ1n) is 4.84. The molecule has 70 valence electrons. The molecule has 0 amide bonds. The molecule has 0 unspecified atom stereocenters. The molecule has 1 aliphatic rings. The first-order chi connectivity index (χ1) is 6.38. The van der Waals surface area contributed by atoms with Crippen molar-refractivity contribution in [2.24, 2.45) is 5.73 Å². The van der Waals surface area contributed by atoms with Gasteiger partial charge < -0.3 is 5.73 Å². The zero-order valence-electron chi connectivity index (χ0n) is 7.70. The summed E-state index contributed by atoms with van der Waals surface area (Å²) in [6.07, 6.45) is 3.79. The molecule has 0 aromatic heterocycles. The zero-order chi connectivity index (χ0) is 9.10. The van der Waals surface area contributed by atoms with E-state index in [-0.39, 0.29) is 0 Å². The lowest BCUT2D eigenvalue weighted by atomic mass is 10.2. The van der Waals surface area contributed by atoms with Crippen LogP contribution in [0.5, 0.6) is 0 Å². The summed E-state index contributed by atoms with van der Waals surface area (Å²) in [5.41, 5.74) is 6.83. The molecule has 0 heterocycles. The van der Waals surface area contributed by atoms with Gasteiger partial charge in [-0.2, -0.15) is 0 Å². The highest BCUT2D eigenvalue weighted by atomic mass is 32.2. The molecule has 2 N–H and O–H groups in total. The summed E-state index contributed by atoms with van der Waals surface area (Å²) < 4.78 is 0. The quantitative estimate of drug-likeness (QED) is 0.795. The molecule has 1 nitrogen and oxygen atoms in total. The van der Waals surface area contributed by atoms with Gasteiger partial charge in [-0.05, 0) is 43.5 Å². The smallest absolute Gasteiger partial charge is 0.00952 e. The Balaban J connectivity index is 1.95. The van der Waals surface area contributed by atoms with E-state index in [1.54, 1.807) is 0 Å². The lowest BCUT2D eigenvalue weighted by molar-refractivity contribution is 0.966. The largest absolute Gasteiger partial charge is 0.330 e. The molecule has 0 bridgehead atoms. The van der Waals surface area contributed by atoms with Gasteiger partial charge in [0.05, 0.1) is 0 Å². The summed E-state index contributed by atoms with van der Waals surface area (Å²) in [6.45, 7) is 0.745. The average Bonchev–Trinajstić information content (AvgIpc) is 2.93. The molecular weight excluding hydrogens is 178 g/mol. The fraction of sp³-hybridized carbons (Fsp3) is 0.455. The Morgan fingerprint density at radius 2 is 1.92 bits per heavy atom. The molecule has 1 aromatic carbocycles. The summed E-state index contributed by atoms with van der Waals surface area (Å²) >= 11 is 2.01. The van der Waals surface area contributed by atoms with Gasteiger partial charge in [-0.25, -0.2) is 0 Å². The second-order valence-electron chi connectivity index (χ2n) is 3.50. The van der Waals surface area contributed by atoms with Crippen LogP contribution in [0.2, 0.25) is 0 Å². The van der Waals surface area contributed by atoms with Crippen molar-refractivity contribution >= 4 is 11.8 Å². The van der Waals surface area contributed by atoms with Crippen LogP contribution in [0.3, 0.4) is 0 Å². The van der Waals surface area contributed by atoms with Crippen LogP contribution < -0.4 is 5.73 Å². The van der Waals surface area contributed by atoms with Gasteiger partial charge in [0.25, 0.3) is 0 Å². The van der Waals surface area contributed by atoms with E-state index in [9.17, 15) is 0 Å². The molecule has 1 saturated carbocycles. The van der Waals surface area contributed by atoms with Gasteiger partial charge in [0.2, 0.25) is 0 Å². The van der Waals surface area contributed by atoms with Crippen LogP contribution in [0.1, 0.15) is 18.4 Å². The van der Waals surface area contributed by atoms with E-state index in [4.69, 9.17) is 5.73 Å². The van der Waals surface area contributed by atoms with Crippen molar-refractivity contribution in [1.29, 1.82) is 0 Å². The van der Waals surface area contributed by atoms with E-state index in [1.807, 2.05) is 11.8 Å². The summed E-state index contributed by atoms with van der Waals surface area (Å²) in [7, 11) is 0. The van der Waals surface area contributed by atoms with E-state index >= 15 is 0 Å². The van der Waals surface area contributed by atoms with E-state index in [1.165, 1.54) is 23.3 Å². The van der Waals surface area contributed by atoms with E-state index in [0.717, 1.165) is 18.2 Å². The summed E-state index contributed by atoms with van der Waals surface area (Å²) in [4.78, 5) is 1.41. The fourth-order valence-corrected chi connectivity index (χ4v) is 2.33. The van der Waals surface area contributed by atoms with Crippen LogP contribution in [0.25, 0.3) is 0 Å². The Labute approximate surface area is 83.7 Å². The second kappa shape index (κ2) is 4.16. The number of hydrogen-bond acceptors (Lipinski definition) is 2. The van der Waals surface area contributed by atoms with Crippen molar-refractivity contribution in [2.45, 2.75) is 29.4 Å². The fourth-order valence-electron chi connectivity index (χ4n) is 1.28. The molecule has 0 spiro atoms. The van der Waals surface area contributed by atoms with Crippen molar-refractivity contribution in [2.75, 3.05) is 6.54 Å². The lowest BCUT2D eigenvalue weighted by Crippen LogP contribution is -2.02. The van der Waals surface area contributed by atoms with Crippen LogP contribution in [0.15, 0.2) is 29.2 Å². The third-order valence-electron chi connectivity index (χ3n) is 2.18. The molecule has 0 radical (unpaired) electrons. The monoisotopic (exact) mass is 193 g/mol. The minimum absolute atomic E-state index is 0.745. The zero-order valence-corrected chi connectivity index (χ0v) is 8.52. The van der Waals surface area contributed by atoms with E-state index in [2.05, 4.69) is 24.3 Å². The van der Waals surface area contributed by atoms with Crippen molar-refractivity contribution in [3.05, 3.63) is 29.8 Å². The Bertz CT molecular complexity index is 264. The topological polar surface area (TPSA) is 26.0 Å². The van der Waals surface area contributed by atoms with Gasteiger partial charge in [-0.1, -0.05) is 12.1 Å². The minimum Gasteiger partial charge on any atom is -0.330 e. The Morgan fingerprint density at radius 1 is 1.23 bits per heavy atom. The maximum Gasteiger partial charge on any atom is 0.00952 e. The SMILES string of the molecule is NCCc1ccc(SC2CC2)cc1. The van der Waals surface area contributed by atoms with Crippen LogP contribution in [0.4, 0.5) is 0 Å². The van der Waals surface area contributed by atoms with E-state index < -0.39 is 0 Å². The molecule has 0 atom stereocenters. The van der Waals surface area contributed by atoms with Gasteiger partial charge >= 0.3 is 0 Å². The first-order valence-corrected chi connectivity index (χ1v) is 5.72. The lowest BCUT2D eigenvalue weighted by Gasteiger charge is -2.01. The maximum atomic E-state index is 5.48. The average molecular weight is 193 g/mol. The minimum atomic E-state index is 0.745. The number of thioether (sulfide) groups is 1. The summed E-state index contributed by atoms with van der Waals surface area (Å²) in [6, 6.07) is 8.82. The number of nitrogens with two attached hydrogens (primary N) is 1. The van der Waals surface area contributed by atoms with Crippen molar-refractivity contribution in [3.8, 4) is 0 Å². The third-order valence-corrected chi connectivity index (χ3v) is 3.53. The van der Waals surface area contributed by atoms with Gasteiger partial charge in [0.15, 0.2) is 0 Å². The van der Waals surface area contributed by atoms with E-state index in [0.29, 0.717) is 0 Å². The Hall–Kier alpha value is -0.470. The standard InChI is InChI=1S/C11H15NS/c12-8-7-9-1-3-10(4-2-9)13-11-5-6-11/h1-4,11H,5-8,12H2.